The fraction of sp³-hybridized carbons (Fsp3) is 0.462. The van der Waals surface area contributed by atoms with E-state index in [-0.39, 0.29) is 11.5 Å². The fourth-order valence-corrected chi connectivity index (χ4v) is 2.41. The van der Waals surface area contributed by atoms with Gasteiger partial charge in [-0.2, -0.15) is 4.39 Å². The molecule has 0 bridgehead atoms. The number of halogens is 2. The van der Waals surface area contributed by atoms with Crippen LogP contribution in [0.3, 0.4) is 0 Å². The van der Waals surface area contributed by atoms with Gasteiger partial charge in [0.15, 0.2) is 5.82 Å². The lowest BCUT2D eigenvalue weighted by atomic mass is 9.97. The lowest BCUT2D eigenvalue weighted by Gasteiger charge is -2.32. The summed E-state index contributed by atoms with van der Waals surface area (Å²) in [5, 5.41) is 2.49. The second-order valence-electron chi connectivity index (χ2n) is 4.97. The maximum Gasteiger partial charge on any atom is 0.312 e. The Morgan fingerprint density at radius 3 is 2.95 bits per heavy atom. The molecule has 6 nitrogen and oxygen atoms in total. The summed E-state index contributed by atoms with van der Waals surface area (Å²) in [6.07, 6.45) is 2.62. The molecule has 1 unspecified atom stereocenters. The number of rotatable bonds is 3. The van der Waals surface area contributed by atoms with Crippen LogP contribution in [0.4, 0.5) is 13.6 Å². The van der Waals surface area contributed by atoms with Crippen LogP contribution in [0.5, 0.6) is 0 Å². The molecule has 1 aliphatic rings. The summed E-state index contributed by atoms with van der Waals surface area (Å²) < 4.78 is 26.7. The molecule has 0 aromatic carbocycles. The number of carbonyl (C=O) groups is 2. The van der Waals surface area contributed by atoms with Crippen LogP contribution < -0.4 is 11.1 Å². The van der Waals surface area contributed by atoms with Crippen molar-refractivity contribution < 1.29 is 18.4 Å². The van der Waals surface area contributed by atoms with Gasteiger partial charge in [-0.3, -0.25) is 4.79 Å². The second kappa shape index (κ2) is 6.47. The molecule has 114 valence electrons. The minimum absolute atomic E-state index is 0.0462. The smallest absolute Gasteiger partial charge is 0.312 e. The van der Waals surface area contributed by atoms with E-state index in [1.807, 2.05) is 0 Å². The maximum atomic E-state index is 13.6. The van der Waals surface area contributed by atoms with Gasteiger partial charge in [-0.1, -0.05) is 0 Å². The van der Waals surface area contributed by atoms with E-state index in [0.29, 0.717) is 19.6 Å². The Morgan fingerprint density at radius 2 is 2.24 bits per heavy atom. The highest BCUT2D eigenvalue weighted by Crippen LogP contribution is 2.19. The van der Waals surface area contributed by atoms with E-state index in [2.05, 4.69) is 10.3 Å². The standard InChI is InChI=1S/C13H16F2N4O2/c14-10-9(3-4-17-11(10)15)12(20)19-5-1-2-8(7-19)6-18-13(16)21/h3-4,8H,1-2,5-7H2,(H3,16,18,21). The molecule has 1 saturated heterocycles. The topological polar surface area (TPSA) is 88.3 Å². The van der Waals surface area contributed by atoms with E-state index in [1.54, 1.807) is 0 Å². The van der Waals surface area contributed by atoms with Crippen LogP contribution in [0, 0.1) is 17.7 Å². The summed E-state index contributed by atoms with van der Waals surface area (Å²) >= 11 is 0. The molecule has 1 atom stereocenters. The van der Waals surface area contributed by atoms with Crippen molar-refractivity contribution in [3.8, 4) is 0 Å². The predicted molar refractivity (Wildman–Crippen MR) is 70.4 cm³/mol. The molecular weight excluding hydrogens is 282 g/mol. The summed E-state index contributed by atoms with van der Waals surface area (Å²) in [5.74, 6) is -3.05. The van der Waals surface area contributed by atoms with Gasteiger partial charge in [0.2, 0.25) is 5.95 Å². The minimum atomic E-state index is -1.29. The third-order valence-electron chi connectivity index (χ3n) is 3.45. The summed E-state index contributed by atoms with van der Waals surface area (Å²) in [6.45, 7) is 1.18. The number of aromatic nitrogens is 1. The number of pyridine rings is 1. The van der Waals surface area contributed by atoms with E-state index in [0.717, 1.165) is 25.1 Å². The fourth-order valence-electron chi connectivity index (χ4n) is 2.41. The lowest BCUT2D eigenvalue weighted by Crippen LogP contribution is -2.44. The van der Waals surface area contributed by atoms with Gasteiger partial charge in [-0.25, -0.2) is 14.2 Å². The van der Waals surface area contributed by atoms with Crippen molar-refractivity contribution in [1.82, 2.24) is 15.2 Å². The number of primary amides is 1. The molecule has 1 aromatic heterocycles. The second-order valence-corrected chi connectivity index (χ2v) is 4.97. The highest BCUT2D eigenvalue weighted by Gasteiger charge is 2.27. The van der Waals surface area contributed by atoms with Crippen LogP contribution >= 0.6 is 0 Å². The van der Waals surface area contributed by atoms with Gasteiger partial charge in [0.25, 0.3) is 5.91 Å². The molecular formula is C13H16F2N4O2. The quantitative estimate of drug-likeness (QED) is 0.812. The number of nitrogens with zero attached hydrogens (tertiary/aromatic N) is 2. The van der Waals surface area contributed by atoms with Gasteiger partial charge >= 0.3 is 6.03 Å². The Hall–Kier alpha value is -2.25. The maximum absolute atomic E-state index is 13.6. The Morgan fingerprint density at radius 1 is 1.48 bits per heavy atom. The summed E-state index contributed by atoms with van der Waals surface area (Å²) in [6, 6.07) is 0.534. The van der Waals surface area contributed by atoms with Crippen molar-refractivity contribution >= 4 is 11.9 Å². The largest absolute Gasteiger partial charge is 0.352 e. The zero-order chi connectivity index (χ0) is 15.4. The van der Waals surface area contributed by atoms with Crippen molar-refractivity contribution in [3.05, 3.63) is 29.6 Å². The highest BCUT2D eigenvalue weighted by molar-refractivity contribution is 5.94. The first-order chi connectivity index (χ1) is 9.99. The van der Waals surface area contributed by atoms with Crippen molar-refractivity contribution in [3.63, 3.8) is 0 Å². The molecule has 0 spiro atoms. The van der Waals surface area contributed by atoms with Crippen LogP contribution in [0.15, 0.2) is 12.3 Å². The van der Waals surface area contributed by atoms with Crippen LogP contribution in [0.2, 0.25) is 0 Å². The molecule has 21 heavy (non-hydrogen) atoms. The lowest BCUT2D eigenvalue weighted by molar-refractivity contribution is 0.0669. The molecule has 3 amide bonds. The Kier molecular flexibility index (Phi) is 4.66. The van der Waals surface area contributed by atoms with Crippen molar-refractivity contribution in [1.29, 1.82) is 0 Å². The molecule has 0 radical (unpaired) electrons. The molecule has 0 saturated carbocycles. The van der Waals surface area contributed by atoms with E-state index >= 15 is 0 Å². The van der Waals surface area contributed by atoms with E-state index in [1.165, 1.54) is 4.90 Å². The van der Waals surface area contributed by atoms with Crippen LogP contribution in [0.25, 0.3) is 0 Å². The number of nitrogens with two attached hydrogens (primary N) is 1. The highest BCUT2D eigenvalue weighted by atomic mass is 19.2. The first kappa shape index (κ1) is 15.1. The first-order valence-electron chi connectivity index (χ1n) is 6.61. The summed E-state index contributed by atoms with van der Waals surface area (Å²) in [7, 11) is 0. The molecule has 2 rings (SSSR count). The Balaban J connectivity index is 2.05. The number of nitrogens with one attached hydrogen (secondary N) is 1. The van der Waals surface area contributed by atoms with Gasteiger partial charge in [0, 0.05) is 25.8 Å². The van der Waals surface area contributed by atoms with Crippen LogP contribution in [0.1, 0.15) is 23.2 Å². The number of carbonyl (C=O) groups excluding carboxylic acids is 2. The van der Waals surface area contributed by atoms with Crippen molar-refractivity contribution in [2.24, 2.45) is 11.7 Å². The normalized spacial score (nSPS) is 18.4. The van der Waals surface area contributed by atoms with E-state index < -0.39 is 23.7 Å². The van der Waals surface area contributed by atoms with Gasteiger partial charge in [0.05, 0.1) is 5.56 Å². The Labute approximate surface area is 120 Å². The third kappa shape index (κ3) is 3.65. The molecule has 1 aromatic rings. The average molecular weight is 298 g/mol. The number of amides is 3. The predicted octanol–water partition coefficient (Wildman–Crippen LogP) is 0.880. The van der Waals surface area contributed by atoms with Crippen LogP contribution in [-0.2, 0) is 0 Å². The van der Waals surface area contributed by atoms with Gasteiger partial charge < -0.3 is 16.0 Å². The van der Waals surface area contributed by atoms with E-state index in [9.17, 15) is 18.4 Å². The molecule has 0 aliphatic carbocycles. The number of likely N-dealkylation sites (tertiary alicyclic amines) is 1. The van der Waals surface area contributed by atoms with E-state index in [4.69, 9.17) is 5.73 Å². The van der Waals surface area contributed by atoms with Gasteiger partial charge in [-0.05, 0) is 24.8 Å². The third-order valence-corrected chi connectivity index (χ3v) is 3.45. The molecule has 2 heterocycles. The average Bonchev–Trinajstić information content (AvgIpc) is 2.47. The first-order valence-corrected chi connectivity index (χ1v) is 6.61. The molecule has 8 heteroatoms. The Bertz CT molecular complexity index is 553. The number of urea groups is 1. The molecule has 1 fully saturated rings. The number of hydrogen-bond donors (Lipinski definition) is 2. The SMILES string of the molecule is NC(=O)NCC1CCCN(C(=O)c2ccnc(F)c2F)C1. The van der Waals surface area contributed by atoms with Gasteiger partial charge in [-0.15, -0.1) is 0 Å². The summed E-state index contributed by atoms with van der Waals surface area (Å²) in [5.41, 5.74) is 4.68. The zero-order valence-electron chi connectivity index (χ0n) is 11.3. The number of hydrogen-bond acceptors (Lipinski definition) is 3. The molecule has 3 N–H and O–H groups in total. The zero-order valence-corrected chi connectivity index (χ0v) is 11.3. The summed E-state index contributed by atoms with van der Waals surface area (Å²) in [4.78, 5) is 27.5. The molecule has 1 aliphatic heterocycles. The number of piperidine rings is 1. The van der Waals surface area contributed by atoms with Gasteiger partial charge in [0.1, 0.15) is 0 Å². The minimum Gasteiger partial charge on any atom is -0.352 e. The van der Waals surface area contributed by atoms with Crippen molar-refractivity contribution in [2.45, 2.75) is 12.8 Å². The van der Waals surface area contributed by atoms with Crippen molar-refractivity contribution in [2.75, 3.05) is 19.6 Å². The van der Waals surface area contributed by atoms with Crippen LogP contribution in [-0.4, -0.2) is 41.5 Å². The monoisotopic (exact) mass is 298 g/mol.